The Balaban J connectivity index is 2.68. The number of ether oxygens (including phenoxy) is 3. The van der Waals surface area contributed by atoms with Gasteiger partial charge in [-0.1, -0.05) is 6.07 Å². The third-order valence-electron chi connectivity index (χ3n) is 3.01. The Morgan fingerprint density at radius 3 is 2.42 bits per heavy atom. The van der Waals surface area contributed by atoms with Crippen molar-refractivity contribution in [3.63, 3.8) is 0 Å². The lowest BCUT2D eigenvalue weighted by Crippen LogP contribution is -2.24. The first kappa shape index (κ1) is 15.8. The summed E-state index contributed by atoms with van der Waals surface area (Å²) in [6, 6.07) is 5.27. The fraction of sp³-hybridized carbons (Fsp3) is 0.571. The summed E-state index contributed by atoms with van der Waals surface area (Å²) in [5, 5.41) is 10.2. The van der Waals surface area contributed by atoms with Gasteiger partial charge in [-0.15, -0.1) is 0 Å². The molecule has 0 aliphatic heterocycles. The number of nitrogens with two attached hydrogens (primary N) is 1. The summed E-state index contributed by atoms with van der Waals surface area (Å²) in [4.78, 5) is 0. The molecular weight excluding hydrogens is 246 g/mol. The van der Waals surface area contributed by atoms with E-state index in [1.807, 2.05) is 6.07 Å². The number of rotatable bonds is 8. The molecule has 19 heavy (non-hydrogen) atoms. The number of aliphatic hydroxyl groups excluding tert-OH is 1. The van der Waals surface area contributed by atoms with Crippen LogP contribution in [-0.2, 0) is 4.74 Å². The molecule has 0 saturated heterocycles. The molecule has 108 valence electrons. The largest absolute Gasteiger partial charge is 0.493 e. The van der Waals surface area contributed by atoms with Gasteiger partial charge < -0.3 is 25.1 Å². The summed E-state index contributed by atoms with van der Waals surface area (Å²) in [7, 11) is 4.78. The SMILES string of the molecule is COCCC(N)CC(O)c1ccc(OC)c(OC)c1. The lowest BCUT2D eigenvalue weighted by atomic mass is 10.0. The Labute approximate surface area is 114 Å². The van der Waals surface area contributed by atoms with E-state index < -0.39 is 6.10 Å². The van der Waals surface area contributed by atoms with Gasteiger partial charge in [0.2, 0.25) is 0 Å². The van der Waals surface area contributed by atoms with E-state index in [0.29, 0.717) is 24.5 Å². The summed E-state index contributed by atoms with van der Waals surface area (Å²) in [6.07, 6.45) is 0.589. The van der Waals surface area contributed by atoms with Crippen molar-refractivity contribution in [1.82, 2.24) is 0 Å². The van der Waals surface area contributed by atoms with Crippen LogP contribution in [-0.4, -0.2) is 39.1 Å². The van der Waals surface area contributed by atoms with Crippen LogP contribution in [0.5, 0.6) is 11.5 Å². The van der Waals surface area contributed by atoms with Gasteiger partial charge in [-0.3, -0.25) is 0 Å². The van der Waals surface area contributed by atoms with Crippen LogP contribution in [0.25, 0.3) is 0 Å². The quantitative estimate of drug-likeness (QED) is 0.748. The fourth-order valence-corrected chi connectivity index (χ4v) is 1.87. The van der Waals surface area contributed by atoms with Crippen LogP contribution in [0.1, 0.15) is 24.5 Å². The second kappa shape index (κ2) is 7.99. The maximum atomic E-state index is 10.2. The van der Waals surface area contributed by atoms with Crippen molar-refractivity contribution in [2.24, 2.45) is 5.73 Å². The van der Waals surface area contributed by atoms with Crippen molar-refractivity contribution >= 4 is 0 Å². The summed E-state index contributed by atoms with van der Waals surface area (Å²) in [5.41, 5.74) is 6.70. The molecule has 0 saturated carbocycles. The number of benzene rings is 1. The summed E-state index contributed by atoms with van der Waals surface area (Å²) in [5.74, 6) is 1.24. The summed E-state index contributed by atoms with van der Waals surface area (Å²) < 4.78 is 15.3. The summed E-state index contributed by atoms with van der Waals surface area (Å²) in [6.45, 7) is 0.597. The average molecular weight is 269 g/mol. The predicted octanol–water partition coefficient (Wildman–Crippen LogP) is 1.49. The number of methoxy groups -OCH3 is 3. The highest BCUT2D eigenvalue weighted by Crippen LogP contribution is 2.31. The van der Waals surface area contributed by atoms with Crippen LogP contribution in [0.15, 0.2) is 18.2 Å². The standard InChI is InChI=1S/C14H23NO4/c1-17-7-6-11(15)9-12(16)10-4-5-13(18-2)14(8-10)19-3/h4-5,8,11-12,16H,6-7,9,15H2,1-3H3. The Kier molecular flexibility index (Phi) is 6.62. The van der Waals surface area contributed by atoms with Gasteiger partial charge in [-0.2, -0.15) is 0 Å². The van der Waals surface area contributed by atoms with E-state index in [2.05, 4.69) is 0 Å². The monoisotopic (exact) mass is 269 g/mol. The molecule has 5 heteroatoms. The molecule has 0 aliphatic carbocycles. The summed E-state index contributed by atoms with van der Waals surface area (Å²) >= 11 is 0. The van der Waals surface area contributed by atoms with Crippen LogP contribution in [0.3, 0.4) is 0 Å². The van der Waals surface area contributed by atoms with Gasteiger partial charge in [0, 0.05) is 19.8 Å². The average Bonchev–Trinajstić information content (AvgIpc) is 2.44. The van der Waals surface area contributed by atoms with Gasteiger partial charge in [0.05, 0.1) is 20.3 Å². The van der Waals surface area contributed by atoms with Gasteiger partial charge in [0.25, 0.3) is 0 Å². The molecule has 1 rings (SSSR count). The van der Waals surface area contributed by atoms with E-state index in [4.69, 9.17) is 19.9 Å². The Hall–Kier alpha value is -1.30. The highest BCUT2D eigenvalue weighted by atomic mass is 16.5. The molecule has 0 fully saturated rings. The van der Waals surface area contributed by atoms with Gasteiger partial charge in [0.15, 0.2) is 11.5 Å². The lowest BCUT2D eigenvalue weighted by molar-refractivity contribution is 0.141. The van der Waals surface area contributed by atoms with Gasteiger partial charge >= 0.3 is 0 Å². The van der Waals surface area contributed by atoms with Gasteiger partial charge in [-0.25, -0.2) is 0 Å². The molecule has 3 N–H and O–H groups in total. The van der Waals surface area contributed by atoms with Crippen molar-refractivity contribution < 1.29 is 19.3 Å². The van der Waals surface area contributed by atoms with E-state index in [1.165, 1.54) is 0 Å². The topological polar surface area (TPSA) is 73.9 Å². The molecule has 2 unspecified atom stereocenters. The van der Waals surface area contributed by atoms with E-state index >= 15 is 0 Å². The molecule has 1 aromatic carbocycles. The van der Waals surface area contributed by atoms with Crippen LogP contribution < -0.4 is 15.2 Å². The molecule has 0 heterocycles. The van der Waals surface area contributed by atoms with Crippen LogP contribution in [0.4, 0.5) is 0 Å². The molecule has 0 aliphatic rings. The second-order valence-corrected chi connectivity index (χ2v) is 4.41. The highest BCUT2D eigenvalue weighted by molar-refractivity contribution is 5.43. The highest BCUT2D eigenvalue weighted by Gasteiger charge is 2.15. The normalized spacial score (nSPS) is 13.9. The molecule has 0 radical (unpaired) electrons. The minimum Gasteiger partial charge on any atom is -0.493 e. The second-order valence-electron chi connectivity index (χ2n) is 4.41. The number of aliphatic hydroxyl groups is 1. The molecule has 1 aromatic rings. The molecule has 2 atom stereocenters. The molecule has 5 nitrogen and oxygen atoms in total. The van der Waals surface area contributed by atoms with Crippen molar-refractivity contribution in [3.05, 3.63) is 23.8 Å². The Morgan fingerprint density at radius 1 is 1.16 bits per heavy atom. The van der Waals surface area contributed by atoms with E-state index in [1.54, 1.807) is 33.5 Å². The van der Waals surface area contributed by atoms with Crippen molar-refractivity contribution in [3.8, 4) is 11.5 Å². The zero-order valence-corrected chi connectivity index (χ0v) is 11.8. The van der Waals surface area contributed by atoms with E-state index in [0.717, 1.165) is 12.0 Å². The fourth-order valence-electron chi connectivity index (χ4n) is 1.87. The van der Waals surface area contributed by atoms with Crippen molar-refractivity contribution in [1.29, 1.82) is 0 Å². The first-order chi connectivity index (χ1) is 9.12. The smallest absolute Gasteiger partial charge is 0.161 e. The van der Waals surface area contributed by atoms with Crippen molar-refractivity contribution in [2.75, 3.05) is 27.9 Å². The Morgan fingerprint density at radius 2 is 1.84 bits per heavy atom. The van der Waals surface area contributed by atoms with E-state index in [9.17, 15) is 5.11 Å². The van der Waals surface area contributed by atoms with Crippen LogP contribution >= 0.6 is 0 Å². The third-order valence-corrected chi connectivity index (χ3v) is 3.01. The van der Waals surface area contributed by atoms with Gasteiger partial charge in [-0.05, 0) is 30.5 Å². The lowest BCUT2D eigenvalue weighted by Gasteiger charge is -2.18. The Bertz CT molecular complexity index is 384. The molecule has 0 bridgehead atoms. The molecule has 0 amide bonds. The van der Waals surface area contributed by atoms with E-state index in [-0.39, 0.29) is 6.04 Å². The number of hydrogen-bond donors (Lipinski definition) is 2. The zero-order valence-electron chi connectivity index (χ0n) is 11.8. The maximum absolute atomic E-state index is 10.2. The maximum Gasteiger partial charge on any atom is 0.161 e. The van der Waals surface area contributed by atoms with Crippen molar-refractivity contribution in [2.45, 2.75) is 25.0 Å². The third kappa shape index (κ3) is 4.70. The predicted molar refractivity (Wildman–Crippen MR) is 73.6 cm³/mol. The van der Waals surface area contributed by atoms with Gasteiger partial charge in [0.1, 0.15) is 0 Å². The molecular formula is C14H23NO4. The first-order valence-corrected chi connectivity index (χ1v) is 6.26. The van der Waals surface area contributed by atoms with Crippen LogP contribution in [0, 0.1) is 0 Å². The zero-order chi connectivity index (χ0) is 14.3. The number of hydrogen-bond acceptors (Lipinski definition) is 5. The molecule has 0 aromatic heterocycles. The van der Waals surface area contributed by atoms with Crippen LogP contribution in [0.2, 0.25) is 0 Å². The minimum absolute atomic E-state index is 0.0944. The minimum atomic E-state index is -0.619. The first-order valence-electron chi connectivity index (χ1n) is 6.26. The molecule has 0 spiro atoms.